The van der Waals surface area contributed by atoms with Crippen LogP contribution in [0.25, 0.3) is 0 Å². The van der Waals surface area contributed by atoms with E-state index in [1.54, 1.807) is 0 Å². The predicted molar refractivity (Wildman–Crippen MR) is 261 cm³/mol. The monoisotopic (exact) mass is 967 g/mol. The van der Waals surface area contributed by atoms with E-state index in [0.29, 0.717) is 19.3 Å². The molecule has 11 atom stereocenters. The molecular weight excluding hydrogens is 877 g/mol. The standard InChI is InChI=1S/C53H90O15/c1-3-5-7-9-11-13-15-17-19-20-22-23-25-27-29-31-33-35-44(55)63-38-41(66-45(56)36-34-32-30-28-26-24-21-18-16-14-12-10-8-6-4-2)39-64-52-51(62)49(60)47(58)43(68-52)40-65-53-50(61)48(59)46(57)42(37-54)67-53/h11,13,17-19,21-23,27,29,41-43,46-54,57-62H,3-10,12,14-16,20,24-26,28,30-40H2,1-2H3/b13-11+,19-17+,21-18+,23-22+,29-27+/t41-,42+,43+,46-,47-,48?,49?,50?,51?,52+,53+/m0/s1. The van der Waals surface area contributed by atoms with Gasteiger partial charge in [-0.2, -0.15) is 0 Å². The summed E-state index contributed by atoms with van der Waals surface area (Å²) in [6, 6.07) is 0. The van der Waals surface area contributed by atoms with Crippen molar-refractivity contribution in [3.05, 3.63) is 60.8 Å². The molecule has 0 spiro atoms. The van der Waals surface area contributed by atoms with Gasteiger partial charge in [0.15, 0.2) is 18.7 Å². The van der Waals surface area contributed by atoms with Crippen LogP contribution in [0, 0.1) is 0 Å². The Kier molecular flexibility index (Phi) is 36.0. The second-order valence-corrected chi connectivity index (χ2v) is 18.0. The van der Waals surface area contributed by atoms with Gasteiger partial charge in [-0.25, -0.2) is 0 Å². The topological polar surface area (TPSA) is 231 Å². The summed E-state index contributed by atoms with van der Waals surface area (Å²) < 4.78 is 33.5. The zero-order chi connectivity index (χ0) is 49.6. The van der Waals surface area contributed by atoms with Crippen LogP contribution in [0.5, 0.6) is 0 Å². The molecule has 7 N–H and O–H groups in total. The molecule has 0 bridgehead atoms. The van der Waals surface area contributed by atoms with E-state index in [1.807, 2.05) is 6.08 Å². The first-order chi connectivity index (χ1) is 33.0. The van der Waals surface area contributed by atoms with E-state index in [-0.39, 0.29) is 19.4 Å². The van der Waals surface area contributed by atoms with Crippen molar-refractivity contribution in [1.82, 2.24) is 0 Å². The van der Waals surface area contributed by atoms with Crippen molar-refractivity contribution in [2.24, 2.45) is 0 Å². The van der Waals surface area contributed by atoms with Crippen LogP contribution in [-0.2, 0) is 38.0 Å². The molecule has 2 aliphatic heterocycles. The molecule has 4 unspecified atom stereocenters. The third kappa shape index (κ3) is 27.6. The summed E-state index contributed by atoms with van der Waals surface area (Å²) in [5, 5.41) is 72.1. The highest BCUT2D eigenvalue weighted by Crippen LogP contribution is 2.26. The second-order valence-electron chi connectivity index (χ2n) is 18.0. The first-order valence-electron chi connectivity index (χ1n) is 25.9. The zero-order valence-electron chi connectivity index (χ0n) is 41.3. The molecule has 0 amide bonds. The number of allylic oxidation sites excluding steroid dienone is 10. The normalized spacial score (nSPS) is 26.2. The van der Waals surface area contributed by atoms with Gasteiger partial charge in [0.25, 0.3) is 0 Å². The van der Waals surface area contributed by atoms with Crippen molar-refractivity contribution in [3.8, 4) is 0 Å². The first-order valence-corrected chi connectivity index (χ1v) is 25.9. The molecule has 15 heteroatoms. The summed E-state index contributed by atoms with van der Waals surface area (Å²) in [5.74, 6) is -1.00. The highest BCUT2D eigenvalue weighted by atomic mass is 16.7. The molecule has 0 aromatic carbocycles. The SMILES string of the molecule is CCCCC/C=C/C/C=C/C/C=C/C/C=C/CCCC(=O)OC[C@@H](CO[C@@H]1O[C@H](CO[C@@H]2O[C@H](CO)[C@H](O)C(O)C2O)[C@H](O)C(O)C1O)OC(=O)CCCCCCC/C=C/CCCCCCCC. The van der Waals surface area contributed by atoms with Gasteiger partial charge < -0.3 is 64.2 Å². The first kappa shape index (κ1) is 61.3. The van der Waals surface area contributed by atoms with Gasteiger partial charge in [0.05, 0.1) is 19.8 Å². The largest absolute Gasteiger partial charge is 0.462 e. The Bertz CT molecular complexity index is 1420. The Morgan fingerprint density at radius 2 is 0.897 bits per heavy atom. The molecule has 0 aromatic rings. The van der Waals surface area contributed by atoms with Crippen molar-refractivity contribution in [3.63, 3.8) is 0 Å². The van der Waals surface area contributed by atoms with Crippen LogP contribution in [0.2, 0.25) is 0 Å². The highest BCUT2D eigenvalue weighted by Gasteiger charge is 2.47. The summed E-state index contributed by atoms with van der Waals surface area (Å²) in [7, 11) is 0. The lowest BCUT2D eigenvalue weighted by Gasteiger charge is -2.42. The van der Waals surface area contributed by atoms with E-state index in [0.717, 1.165) is 64.2 Å². The summed E-state index contributed by atoms with van der Waals surface area (Å²) in [5.41, 5.74) is 0. The van der Waals surface area contributed by atoms with Gasteiger partial charge in [-0.15, -0.1) is 0 Å². The Balaban J connectivity index is 1.84. The number of rotatable bonds is 39. The second kappa shape index (κ2) is 39.9. The molecule has 2 heterocycles. The third-order valence-electron chi connectivity index (χ3n) is 12.0. The van der Waals surface area contributed by atoms with Gasteiger partial charge in [0.1, 0.15) is 55.4 Å². The smallest absolute Gasteiger partial charge is 0.306 e. The number of ether oxygens (including phenoxy) is 6. The minimum Gasteiger partial charge on any atom is -0.462 e. The average molecular weight is 967 g/mol. The van der Waals surface area contributed by atoms with E-state index in [2.05, 4.69) is 68.5 Å². The van der Waals surface area contributed by atoms with Crippen LogP contribution in [-0.4, -0.2) is 142 Å². The molecule has 0 aliphatic carbocycles. The van der Waals surface area contributed by atoms with Crippen LogP contribution >= 0.6 is 0 Å². The van der Waals surface area contributed by atoms with E-state index in [9.17, 15) is 45.3 Å². The lowest BCUT2D eigenvalue weighted by Crippen LogP contribution is -2.61. The quantitative estimate of drug-likeness (QED) is 0.0183. The lowest BCUT2D eigenvalue weighted by molar-refractivity contribution is -0.332. The molecule has 2 fully saturated rings. The van der Waals surface area contributed by atoms with E-state index in [1.165, 1.54) is 57.8 Å². The Labute approximate surface area is 407 Å². The highest BCUT2D eigenvalue weighted by molar-refractivity contribution is 5.70. The van der Waals surface area contributed by atoms with Crippen LogP contribution in [0.15, 0.2) is 60.8 Å². The Morgan fingerprint density at radius 3 is 1.47 bits per heavy atom. The van der Waals surface area contributed by atoms with Gasteiger partial charge in [0, 0.05) is 12.8 Å². The van der Waals surface area contributed by atoms with Gasteiger partial charge in [-0.1, -0.05) is 139 Å². The number of unbranched alkanes of at least 4 members (excludes halogenated alkanes) is 15. The average Bonchev–Trinajstić information content (AvgIpc) is 3.33. The van der Waals surface area contributed by atoms with Gasteiger partial charge in [-0.3, -0.25) is 9.59 Å². The maximum atomic E-state index is 13.0. The number of carbonyl (C=O) groups is 2. The summed E-state index contributed by atoms with van der Waals surface area (Å²) in [6.07, 6.45) is 28.2. The molecule has 68 heavy (non-hydrogen) atoms. The molecular formula is C53H90O15. The van der Waals surface area contributed by atoms with Crippen LogP contribution in [0.4, 0.5) is 0 Å². The van der Waals surface area contributed by atoms with Gasteiger partial charge >= 0.3 is 11.9 Å². The molecule has 392 valence electrons. The van der Waals surface area contributed by atoms with Crippen molar-refractivity contribution < 1.29 is 73.8 Å². The number of carbonyl (C=O) groups excluding carboxylic acids is 2. The van der Waals surface area contributed by atoms with Crippen LogP contribution < -0.4 is 0 Å². The van der Waals surface area contributed by atoms with E-state index >= 15 is 0 Å². The Morgan fingerprint density at radius 1 is 0.471 bits per heavy atom. The molecule has 0 aromatic heterocycles. The fourth-order valence-electron chi connectivity index (χ4n) is 7.67. The maximum Gasteiger partial charge on any atom is 0.306 e. The maximum absolute atomic E-state index is 13.0. The van der Waals surface area contributed by atoms with Gasteiger partial charge in [0.2, 0.25) is 0 Å². The summed E-state index contributed by atoms with van der Waals surface area (Å²) >= 11 is 0. The zero-order valence-corrected chi connectivity index (χ0v) is 41.3. The molecule has 2 saturated heterocycles. The minimum atomic E-state index is -1.78. The van der Waals surface area contributed by atoms with Crippen LogP contribution in [0.3, 0.4) is 0 Å². The van der Waals surface area contributed by atoms with Crippen molar-refractivity contribution >= 4 is 11.9 Å². The molecule has 0 radical (unpaired) electrons. The van der Waals surface area contributed by atoms with Crippen LogP contribution in [0.1, 0.15) is 168 Å². The minimum absolute atomic E-state index is 0.138. The van der Waals surface area contributed by atoms with E-state index < -0.39 is 99.3 Å². The molecule has 2 rings (SSSR count). The summed E-state index contributed by atoms with van der Waals surface area (Å²) in [6.45, 7) is 2.48. The number of hydrogen-bond donors (Lipinski definition) is 7. The van der Waals surface area contributed by atoms with Gasteiger partial charge in [-0.05, 0) is 77.0 Å². The fourth-order valence-corrected chi connectivity index (χ4v) is 7.67. The summed E-state index contributed by atoms with van der Waals surface area (Å²) in [4.78, 5) is 25.7. The third-order valence-corrected chi connectivity index (χ3v) is 12.0. The van der Waals surface area contributed by atoms with Crippen molar-refractivity contribution in [1.29, 1.82) is 0 Å². The number of esters is 2. The predicted octanol–water partition coefficient (Wildman–Crippen LogP) is 7.27. The fraction of sp³-hybridized carbons (Fsp3) is 0.774. The number of aliphatic hydroxyl groups is 7. The van der Waals surface area contributed by atoms with E-state index in [4.69, 9.17) is 28.4 Å². The molecule has 15 nitrogen and oxygen atoms in total. The number of aliphatic hydroxyl groups excluding tert-OH is 7. The Hall–Kier alpha value is -2.80. The molecule has 2 aliphatic rings. The van der Waals surface area contributed by atoms with Crippen molar-refractivity contribution in [2.45, 2.75) is 235 Å². The number of hydrogen-bond acceptors (Lipinski definition) is 15. The molecule has 0 saturated carbocycles. The van der Waals surface area contributed by atoms with Crippen molar-refractivity contribution in [2.75, 3.05) is 26.4 Å². The lowest BCUT2D eigenvalue weighted by atomic mass is 9.98.